The first-order valence-corrected chi connectivity index (χ1v) is 3.61. The Balaban J connectivity index is 2.93. The fourth-order valence-corrected chi connectivity index (χ4v) is 0.766. The van der Waals surface area contributed by atoms with E-state index >= 15 is 0 Å². The maximum absolute atomic E-state index is 3.95. The van der Waals surface area contributed by atoms with Crippen molar-refractivity contribution < 1.29 is 0 Å². The van der Waals surface area contributed by atoms with Gasteiger partial charge in [0.15, 0.2) is 0 Å². The summed E-state index contributed by atoms with van der Waals surface area (Å²) in [5.41, 5.74) is 1.06. The fourth-order valence-electron chi connectivity index (χ4n) is 0.766. The first-order valence-electron chi connectivity index (χ1n) is 3.61. The summed E-state index contributed by atoms with van der Waals surface area (Å²) >= 11 is 0. The highest BCUT2D eigenvalue weighted by Crippen LogP contribution is 2.15. The van der Waals surface area contributed by atoms with Crippen LogP contribution in [-0.2, 0) is 5.54 Å². The molecule has 0 bridgehead atoms. The third kappa shape index (κ3) is 1.74. The van der Waals surface area contributed by atoms with Crippen LogP contribution in [-0.4, -0.2) is 17.0 Å². The minimum Gasteiger partial charge on any atom is -0.311 e. The van der Waals surface area contributed by atoms with Crippen molar-refractivity contribution in [2.45, 2.75) is 19.4 Å². The molecule has 0 unspecified atom stereocenters. The minimum absolute atomic E-state index is 0.0404. The number of rotatable bonds is 2. The predicted octanol–water partition coefficient (Wildman–Crippen LogP) is 0.931. The van der Waals surface area contributed by atoms with Gasteiger partial charge in [0, 0.05) is 23.5 Å². The highest BCUT2D eigenvalue weighted by atomic mass is 14.9. The first kappa shape index (κ1) is 8.14. The van der Waals surface area contributed by atoms with Gasteiger partial charge in [-0.3, -0.25) is 0 Å². The van der Waals surface area contributed by atoms with Gasteiger partial charge in [-0.1, -0.05) is 0 Å². The van der Waals surface area contributed by atoms with Crippen LogP contribution in [0.2, 0.25) is 0 Å². The molecule has 0 aliphatic heterocycles. The van der Waals surface area contributed by atoms with Crippen molar-refractivity contribution >= 4 is 0 Å². The summed E-state index contributed by atoms with van der Waals surface area (Å²) in [6.45, 7) is 4.18. The van der Waals surface area contributed by atoms with Crippen LogP contribution in [0, 0.1) is 0 Å². The summed E-state index contributed by atoms with van der Waals surface area (Å²) in [4.78, 5) is 7.90. The van der Waals surface area contributed by atoms with Crippen molar-refractivity contribution in [2.24, 2.45) is 0 Å². The summed E-state index contributed by atoms with van der Waals surface area (Å²) in [6.07, 6.45) is 5.18. The van der Waals surface area contributed by atoms with Crippen LogP contribution in [0.25, 0.3) is 0 Å². The fraction of sp³-hybridized carbons (Fsp3) is 0.500. The lowest BCUT2D eigenvalue weighted by atomic mass is 9.98. The molecule has 0 amide bonds. The predicted molar refractivity (Wildman–Crippen MR) is 44.1 cm³/mol. The van der Waals surface area contributed by atoms with E-state index in [1.807, 2.05) is 19.4 Å². The van der Waals surface area contributed by atoms with Gasteiger partial charge in [-0.25, -0.2) is 9.97 Å². The molecular formula is C8H13N3. The average molecular weight is 151 g/mol. The lowest BCUT2D eigenvalue weighted by Crippen LogP contribution is -2.33. The van der Waals surface area contributed by atoms with Crippen LogP contribution in [0.15, 0.2) is 18.7 Å². The van der Waals surface area contributed by atoms with Gasteiger partial charge in [0.05, 0.1) is 0 Å². The number of nitrogens with zero attached hydrogens (tertiary/aromatic N) is 2. The normalized spacial score (nSPS) is 11.5. The Hall–Kier alpha value is -0.960. The molecule has 1 aromatic heterocycles. The van der Waals surface area contributed by atoms with Crippen LogP contribution >= 0.6 is 0 Å². The standard InChI is InChI=1S/C8H13N3/c1-8(2,9-3)7-4-10-6-11-5-7/h4-6,9H,1-3H3. The molecule has 1 heterocycles. The Morgan fingerprint density at radius 3 is 2.27 bits per heavy atom. The van der Waals surface area contributed by atoms with E-state index in [1.165, 1.54) is 6.33 Å². The molecule has 60 valence electrons. The van der Waals surface area contributed by atoms with E-state index in [4.69, 9.17) is 0 Å². The van der Waals surface area contributed by atoms with Crippen molar-refractivity contribution in [3.05, 3.63) is 24.3 Å². The van der Waals surface area contributed by atoms with Gasteiger partial charge in [0.25, 0.3) is 0 Å². The van der Waals surface area contributed by atoms with Gasteiger partial charge in [-0.2, -0.15) is 0 Å². The van der Waals surface area contributed by atoms with E-state index < -0.39 is 0 Å². The van der Waals surface area contributed by atoms with Gasteiger partial charge in [0.1, 0.15) is 6.33 Å². The summed E-state index contributed by atoms with van der Waals surface area (Å²) in [7, 11) is 1.92. The van der Waals surface area contributed by atoms with E-state index in [9.17, 15) is 0 Å². The molecule has 1 N–H and O–H groups in total. The zero-order chi connectivity index (χ0) is 8.32. The van der Waals surface area contributed by atoms with E-state index in [2.05, 4.69) is 29.1 Å². The van der Waals surface area contributed by atoms with Crippen molar-refractivity contribution in [3.63, 3.8) is 0 Å². The molecule has 1 aromatic rings. The highest BCUT2D eigenvalue weighted by molar-refractivity contribution is 5.13. The maximum Gasteiger partial charge on any atom is 0.115 e. The number of hydrogen-bond donors (Lipinski definition) is 1. The monoisotopic (exact) mass is 151 g/mol. The molecule has 0 saturated heterocycles. The zero-order valence-corrected chi connectivity index (χ0v) is 7.13. The summed E-state index contributed by atoms with van der Waals surface area (Å²) in [5, 5.41) is 3.18. The molecule has 0 spiro atoms. The largest absolute Gasteiger partial charge is 0.311 e. The van der Waals surface area contributed by atoms with Crippen molar-refractivity contribution in [1.29, 1.82) is 0 Å². The smallest absolute Gasteiger partial charge is 0.115 e. The molecule has 1 rings (SSSR count). The lowest BCUT2D eigenvalue weighted by molar-refractivity contribution is 0.441. The number of hydrogen-bond acceptors (Lipinski definition) is 3. The molecule has 0 aliphatic carbocycles. The van der Waals surface area contributed by atoms with Gasteiger partial charge < -0.3 is 5.32 Å². The Labute approximate surface area is 66.9 Å². The molecule has 0 fully saturated rings. The Morgan fingerprint density at radius 1 is 1.27 bits per heavy atom. The SMILES string of the molecule is CNC(C)(C)c1cncnc1. The molecule has 0 radical (unpaired) electrons. The molecule has 11 heavy (non-hydrogen) atoms. The Morgan fingerprint density at radius 2 is 1.82 bits per heavy atom. The zero-order valence-electron chi connectivity index (χ0n) is 7.13. The maximum atomic E-state index is 3.95. The topological polar surface area (TPSA) is 37.8 Å². The number of nitrogens with one attached hydrogen (secondary N) is 1. The van der Waals surface area contributed by atoms with Crippen LogP contribution < -0.4 is 5.32 Å². The first-order chi connectivity index (χ1) is 5.17. The summed E-state index contributed by atoms with van der Waals surface area (Å²) < 4.78 is 0. The molecule has 0 aromatic carbocycles. The van der Waals surface area contributed by atoms with E-state index in [0.29, 0.717) is 0 Å². The van der Waals surface area contributed by atoms with Gasteiger partial charge in [0.2, 0.25) is 0 Å². The van der Waals surface area contributed by atoms with Crippen LogP contribution in [0.5, 0.6) is 0 Å². The van der Waals surface area contributed by atoms with E-state index in [-0.39, 0.29) is 5.54 Å². The molecule has 0 saturated carbocycles. The number of aromatic nitrogens is 2. The Bertz CT molecular complexity index is 218. The molecule has 0 aliphatic rings. The second-order valence-corrected chi connectivity index (χ2v) is 3.00. The molecular weight excluding hydrogens is 138 g/mol. The minimum atomic E-state index is -0.0404. The van der Waals surface area contributed by atoms with E-state index in [1.54, 1.807) is 0 Å². The molecule has 3 heteroatoms. The molecule has 3 nitrogen and oxygen atoms in total. The van der Waals surface area contributed by atoms with Crippen molar-refractivity contribution in [3.8, 4) is 0 Å². The third-order valence-electron chi connectivity index (χ3n) is 1.91. The van der Waals surface area contributed by atoms with Crippen LogP contribution in [0.4, 0.5) is 0 Å². The van der Waals surface area contributed by atoms with E-state index in [0.717, 1.165) is 5.56 Å². The second kappa shape index (κ2) is 2.96. The van der Waals surface area contributed by atoms with Crippen LogP contribution in [0.3, 0.4) is 0 Å². The third-order valence-corrected chi connectivity index (χ3v) is 1.91. The van der Waals surface area contributed by atoms with Gasteiger partial charge >= 0.3 is 0 Å². The van der Waals surface area contributed by atoms with Gasteiger partial charge in [-0.05, 0) is 20.9 Å². The van der Waals surface area contributed by atoms with Gasteiger partial charge in [-0.15, -0.1) is 0 Å². The average Bonchev–Trinajstić information content (AvgIpc) is 2.06. The lowest BCUT2D eigenvalue weighted by Gasteiger charge is -2.23. The summed E-state index contributed by atoms with van der Waals surface area (Å²) in [6, 6.07) is 0. The van der Waals surface area contributed by atoms with Crippen LogP contribution in [0.1, 0.15) is 19.4 Å². The van der Waals surface area contributed by atoms with Crippen molar-refractivity contribution in [1.82, 2.24) is 15.3 Å². The molecule has 0 atom stereocenters. The summed E-state index contributed by atoms with van der Waals surface area (Å²) in [5.74, 6) is 0. The second-order valence-electron chi connectivity index (χ2n) is 3.00. The highest BCUT2D eigenvalue weighted by Gasteiger charge is 2.17. The quantitative estimate of drug-likeness (QED) is 0.683. The Kier molecular flexibility index (Phi) is 2.19. The van der Waals surface area contributed by atoms with Crippen molar-refractivity contribution in [2.75, 3.05) is 7.05 Å².